The number of carbonyl (C=O) groups is 1. The summed E-state index contributed by atoms with van der Waals surface area (Å²) in [5, 5.41) is 2.99. The van der Waals surface area contributed by atoms with E-state index >= 15 is 0 Å². The zero-order valence-electron chi connectivity index (χ0n) is 10.3. The summed E-state index contributed by atoms with van der Waals surface area (Å²) in [5.74, 6) is -0.467. The number of nitrogens with zero attached hydrogens (tertiary/aromatic N) is 1. The van der Waals surface area contributed by atoms with Gasteiger partial charge in [-0.3, -0.25) is 10.1 Å². The molecule has 0 saturated carbocycles. The van der Waals surface area contributed by atoms with Gasteiger partial charge in [-0.1, -0.05) is 27.2 Å². The van der Waals surface area contributed by atoms with E-state index in [4.69, 9.17) is 0 Å². The second-order valence-corrected chi connectivity index (χ2v) is 4.78. The second kappa shape index (κ2) is 5.25. The van der Waals surface area contributed by atoms with Crippen LogP contribution in [-0.2, 0) is 4.79 Å². The lowest BCUT2D eigenvalue weighted by Gasteiger charge is -2.27. The van der Waals surface area contributed by atoms with Gasteiger partial charge in [0.2, 0.25) is 5.91 Å². The summed E-state index contributed by atoms with van der Waals surface area (Å²) in [4.78, 5) is 12.8. The molecule has 100 valence electrons. The van der Waals surface area contributed by atoms with E-state index in [-0.39, 0.29) is 5.92 Å². The number of hydrogen-bond acceptors (Lipinski definition) is 2. The summed E-state index contributed by atoms with van der Waals surface area (Å²) in [5.41, 5.74) is 0. The first-order valence-corrected chi connectivity index (χ1v) is 5.89. The highest BCUT2D eigenvalue weighted by Crippen LogP contribution is 2.25. The molecular weight excluding hydrogens is 233 g/mol. The van der Waals surface area contributed by atoms with Crippen LogP contribution in [0.2, 0.25) is 0 Å². The summed E-state index contributed by atoms with van der Waals surface area (Å²) in [6, 6.07) is -0.463. The Morgan fingerprint density at radius 1 is 1.41 bits per heavy atom. The van der Waals surface area contributed by atoms with Crippen LogP contribution in [0.5, 0.6) is 0 Å². The predicted molar refractivity (Wildman–Crippen MR) is 58.2 cm³/mol. The monoisotopic (exact) mass is 252 g/mol. The maximum absolute atomic E-state index is 12.4. The molecule has 1 amide bonds. The molecule has 0 spiro atoms. The molecule has 0 aromatic rings. The average Bonchev–Trinajstić information content (AvgIpc) is 2.44. The van der Waals surface area contributed by atoms with E-state index in [2.05, 4.69) is 5.32 Å². The van der Waals surface area contributed by atoms with Crippen LogP contribution >= 0.6 is 0 Å². The SMILES string of the molecule is CCCC1NC(C(C)C)N(CC(F)(F)F)C1=O. The molecular formula is C11H19F3N2O. The quantitative estimate of drug-likeness (QED) is 0.831. The van der Waals surface area contributed by atoms with Crippen molar-refractivity contribution >= 4 is 5.91 Å². The maximum atomic E-state index is 12.4. The molecule has 1 saturated heterocycles. The average molecular weight is 252 g/mol. The highest BCUT2D eigenvalue weighted by Gasteiger charge is 2.44. The van der Waals surface area contributed by atoms with Gasteiger partial charge in [0.1, 0.15) is 6.54 Å². The smallest absolute Gasteiger partial charge is 0.316 e. The first kappa shape index (κ1) is 14.3. The van der Waals surface area contributed by atoms with Crippen LogP contribution in [0.15, 0.2) is 0 Å². The third-order valence-corrected chi connectivity index (χ3v) is 2.85. The Morgan fingerprint density at radius 2 is 2.00 bits per heavy atom. The normalized spacial score (nSPS) is 26.1. The van der Waals surface area contributed by atoms with Crippen LogP contribution in [0, 0.1) is 5.92 Å². The molecule has 1 rings (SSSR count). The minimum Gasteiger partial charge on any atom is -0.316 e. The van der Waals surface area contributed by atoms with Gasteiger partial charge in [-0.15, -0.1) is 0 Å². The summed E-state index contributed by atoms with van der Waals surface area (Å²) in [6.45, 7) is 4.36. The van der Waals surface area contributed by atoms with Crippen molar-refractivity contribution in [1.82, 2.24) is 10.2 Å². The molecule has 17 heavy (non-hydrogen) atoms. The Balaban J connectivity index is 2.79. The molecule has 0 radical (unpaired) electrons. The van der Waals surface area contributed by atoms with Crippen LogP contribution < -0.4 is 5.32 Å². The van der Waals surface area contributed by atoms with Crippen LogP contribution in [0.25, 0.3) is 0 Å². The van der Waals surface area contributed by atoms with Gasteiger partial charge in [0.15, 0.2) is 0 Å². The molecule has 1 fully saturated rings. The van der Waals surface area contributed by atoms with Crippen molar-refractivity contribution in [3.8, 4) is 0 Å². The highest BCUT2D eigenvalue weighted by atomic mass is 19.4. The number of halogens is 3. The lowest BCUT2D eigenvalue weighted by atomic mass is 10.1. The van der Waals surface area contributed by atoms with E-state index in [9.17, 15) is 18.0 Å². The van der Waals surface area contributed by atoms with E-state index in [1.54, 1.807) is 0 Å². The highest BCUT2D eigenvalue weighted by molar-refractivity contribution is 5.84. The van der Waals surface area contributed by atoms with E-state index < -0.39 is 30.8 Å². The molecule has 6 heteroatoms. The molecule has 0 aromatic carbocycles. The van der Waals surface area contributed by atoms with Gasteiger partial charge in [-0.2, -0.15) is 13.2 Å². The fraction of sp³-hybridized carbons (Fsp3) is 0.909. The summed E-state index contributed by atoms with van der Waals surface area (Å²) < 4.78 is 37.2. The van der Waals surface area contributed by atoms with Gasteiger partial charge < -0.3 is 4.90 Å². The number of carbonyl (C=O) groups excluding carboxylic acids is 1. The molecule has 0 bridgehead atoms. The fourth-order valence-electron chi connectivity index (χ4n) is 2.12. The molecule has 0 aliphatic carbocycles. The summed E-state index contributed by atoms with van der Waals surface area (Å²) in [6.07, 6.45) is -3.50. The molecule has 1 aliphatic heterocycles. The minimum absolute atomic E-state index is 0.0387. The van der Waals surface area contributed by atoms with Crippen LogP contribution in [0.4, 0.5) is 13.2 Å². The van der Waals surface area contributed by atoms with E-state index in [0.717, 1.165) is 11.3 Å². The first-order valence-electron chi connectivity index (χ1n) is 5.89. The number of amides is 1. The lowest BCUT2D eigenvalue weighted by Crippen LogP contribution is -2.45. The molecule has 0 aromatic heterocycles. The summed E-state index contributed by atoms with van der Waals surface area (Å²) in [7, 11) is 0. The second-order valence-electron chi connectivity index (χ2n) is 4.78. The Bertz CT molecular complexity index is 278. The molecule has 2 unspecified atom stereocenters. The Morgan fingerprint density at radius 3 is 2.41 bits per heavy atom. The first-order chi connectivity index (χ1) is 7.76. The minimum atomic E-state index is -4.34. The van der Waals surface area contributed by atoms with E-state index in [1.165, 1.54) is 0 Å². The summed E-state index contributed by atoms with van der Waals surface area (Å²) >= 11 is 0. The van der Waals surface area contributed by atoms with Crippen LogP contribution in [-0.4, -0.2) is 35.7 Å². The van der Waals surface area contributed by atoms with Gasteiger partial charge in [0.25, 0.3) is 0 Å². The topological polar surface area (TPSA) is 32.3 Å². The van der Waals surface area contributed by atoms with E-state index in [1.807, 2.05) is 20.8 Å². The van der Waals surface area contributed by atoms with Crippen molar-refractivity contribution < 1.29 is 18.0 Å². The third-order valence-electron chi connectivity index (χ3n) is 2.85. The zero-order chi connectivity index (χ0) is 13.2. The van der Waals surface area contributed by atoms with Crippen molar-refractivity contribution in [1.29, 1.82) is 0 Å². The number of hydrogen-bond donors (Lipinski definition) is 1. The predicted octanol–water partition coefficient (Wildman–Crippen LogP) is 2.13. The van der Waals surface area contributed by atoms with E-state index in [0.29, 0.717) is 6.42 Å². The maximum Gasteiger partial charge on any atom is 0.406 e. The lowest BCUT2D eigenvalue weighted by molar-refractivity contribution is -0.162. The number of rotatable bonds is 4. The molecule has 1 aliphatic rings. The largest absolute Gasteiger partial charge is 0.406 e. The Labute approximate surface area is 99.4 Å². The molecule has 1 heterocycles. The van der Waals surface area contributed by atoms with Crippen LogP contribution in [0.1, 0.15) is 33.6 Å². The Kier molecular flexibility index (Phi) is 4.41. The fourth-order valence-corrected chi connectivity index (χ4v) is 2.12. The molecule has 2 atom stereocenters. The third kappa shape index (κ3) is 3.59. The van der Waals surface area contributed by atoms with Gasteiger partial charge in [0, 0.05) is 0 Å². The van der Waals surface area contributed by atoms with Gasteiger partial charge in [0.05, 0.1) is 12.2 Å². The number of nitrogens with one attached hydrogen (secondary N) is 1. The van der Waals surface area contributed by atoms with Crippen molar-refractivity contribution in [2.45, 2.75) is 52.0 Å². The van der Waals surface area contributed by atoms with Crippen LogP contribution in [0.3, 0.4) is 0 Å². The molecule has 3 nitrogen and oxygen atoms in total. The van der Waals surface area contributed by atoms with Crippen molar-refractivity contribution in [3.63, 3.8) is 0 Å². The van der Waals surface area contributed by atoms with Gasteiger partial charge >= 0.3 is 6.18 Å². The Hall–Kier alpha value is -0.780. The standard InChI is InChI=1S/C11H19F3N2O/c1-4-5-8-10(17)16(6-11(12,13)14)9(15-8)7(2)3/h7-9,15H,4-6H2,1-3H3. The van der Waals surface area contributed by atoms with Gasteiger partial charge in [-0.25, -0.2) is 0 Å². The molecule has 1 N–H and O–H groups in total. The van der Waals surface area contributed by atoms with Gasteiger partial charge in [-0.05, 0) is 12.3 Å². The van der Waals surface area contributed by atoms with Crippen molar-refractivity contribution in [2.24, 2.45) is 5.92 Å². The number of alkyl halides is 3. The zero-order valence-corrected chi connectivity index (χ0v) is 10.3. The van der Waals surface area contributed by atoms with Crippen molar-refractivity contribution in [2.75, 3.05) is 6.54 Å². The van der Waals surface area contributed by atoms with Crippen molar-refractivity contribution in [3.05, 3.63) is 0 Å².